The van der Waals surface area contributed by atoms with Gasteiger partial charge >= 0.3 is 0 Å². The molecule has 2 aromatic rings. The number of nitrogens with one attached hydrogen (secondary N) is 1. The van der Waals surface area contributed by atoms with Crippen LogP contribution in [0.2, 0.25) is 5.02 Å². The molecule has 23 heavy (non-hydrogen) atoms. The second-order valence-electron chi connectivity index (χ2n) is 4.57. The minimum atomic E-state index is -3.31. The molecule has 0 saturated carbocycles. The van der Waals surface area contributed by atoms with E-state index in [0.717, 1.165) is 12.3 Å². The van der Waals surface area contributed by atoms with E-state index < -0.39 is 15.8 Å². The molecular formula is C12H13ClFN5O3S. The highest BCUT2D eigenvalue weighted by Crippen LogP contribution is 2.22. The minimum Gasteiger partial charge on any atom is -0.382 e. The van der Waals surface area contributed by atoms with E-state index >= 15 is 0 Å². The largest absolute Gasteiger partial charge is 0.382 e. The van der Waals surface area contributed by atoms with E-state index in [1.807, 2.05) is 0 Å². The molecule has 0 spiro atoms. The van der Waals surface area contributed by atoms with E-state index in [9.17, 15) is 12.8 Å². The van der Waals surface area contributed by atoms with E-state index in [-0.39, 0.29) is 29.5 Å². The number of amidine groups is 1. The highest BCUT2D eigenvalue weighted by molar-refractivity contribution is 7.88. The van der Waals surface area contributed by atoms with E-state index in [0.29, 0.717) is 11.4 Å². The van der Waals surface area contributed by atoms with Crippen LogP contribution in [0.4, 0.5) is 10.1 Å². The van der Waals surface area contributed by atoms with Crippen LogP contribution in [0.15, 0.2) is 27.8 Å². The lowest BCUT2D eigenvalue weighted by molar-refractivity contribution is 0.302. The molecule has 0 aliphatic carbocycles. The van der Waals surface area contributed by atoms with Gasteiger partial charge < -0.3 is 5.73 Å². The Morgan fingerprint density at radius 3 is 2.87 bits per heavy atom. The van der Waals surface area contributed by atoms with Crippen molar-refractivity contribution >= 4 is 33.1 Å². The van der Waals surface area contributed by atoms with Crippen molar-refractivity contribution in [2.45, 2.75) is 6.42 Å². The lowest BCUT2D eigenvalue weighted by Gasteiger charge is -2.02. The molecule has 0 radical (unpaired) electrons. The van der Waals surface area contributed by atoms with Crippen LogP contribution in [-0.4, -0.2) is 37.4 Å². The van der Waals surface area contributed by atoms with Gasteiger partial charge in [-0.05, 0) is 23.4 Å². The first-order valence-electron chi connectivity index (χ1n) is 6.32. The highest BCUT2D eigenvalue weighted by Gasteiger charge is 2.14. The van der Waals surface area contributed by atoms with Gasteiger partial charge in [-0.1, -0.05) is 16.8 Å². The van der Waals surface area contributed by atoms with Crippen molar-refractivity contribution in [2.75, 3.05) is 12.8 Å². The first kappa shape index (κ1) is 17.3. The van der Waals surface area contributed by atoms with Crippen molar-refractivity contribution in [1.82, 2.24) is 15.0 Å². The molecule has 0 aliphatic heterocycles. The van der Waals surface area contributed by atoms with Gasteiger partial charge in [0, 0.05) is 13.0 Å². The van der Waals surface area contributed by atoms with Crippen molar-refractivity contribution in [2.24, 2.45) is 10.7 Å². The zero-order valence-corrected chi connectivity index (χ0v) is 13.5. The van der Waals surface area contributed by atoms with Crippen molar-refractivity contribution in [3.63, 3.8) is 0 Å². The molecule has 0 aliphatic rings. The van der Waals surface area contributed by atoms with Crippen molar-refractivity contribution in [1.29, 1.82) is 0 Å². The number of aromatic nitrogens is 2. The molecule has 1 heterocycles. The fourth-order valence-corrected chi connectivity index (χ4v) is 2.31. The minimum absolute atomic E-state index is 0.0109. The third-order valence-corrected chi connectivity index (χ3v) is 3.70. The molecule has 1 aromatic carbocycles. The van der Waals surface area contributed by atoms with Gasteiger partial charge in [0.2, 0.25) is 10.0 Å². The van der Waals surface area contributed by atoms with Crippen LogP contribution in [0.1, 0.15) is 11.4 Å². The first-order valence-corrected chi connectivity index (χ1v) is 8.59. The van der Waals surface area contributed by atoms with Gasteiger partial charge in [0.1, 0.15) is 11.5 Å². The molecule has 11 heteroatoms. The monoisotopic (exact) mass is 361 g/mol. The van der Waals surface area contributed by atoms with Crippen LogP contribution in [-0.2, 0) is 16.4 Å². The van der Waals surface area contributed by atoms with Crippen molar-refractivity contribution in [3.8, 4) is 0 Å². The Morgan fingerprint density at radius 2 is 2.22 bits per heavy atom. The predicted molar refractivity (Wildman–Crippen MR) is 82.6 cm³/mol. The summed E-state index contributed by atoms with van der Waals surface area (Å²) in [7, 11) is -3.31. The molecule has 3 N–H and O–H groups in total. The number of benzene rings is 1. The number of aliphatic imine (C=N–C) groups is 1. The van der Waals surface area contributed by atoms with E-state index in [1.165, 1.54) is 12.1 Å². The molecule has 0 unspecified atom stereocenters. The average Bonchev–Trinajstić information content (AvgIpc) is 2.90. The molecule has 0 amide bonds. The number of hydrogen-bond acceptors (Lipinski definition) is 6. The summed E-state index contributed by atoms with van der Waals surface area (Å²) in [5.41, 5.74) is 6.69. The summed E-state index contributed by atoms with van der Waals surface area (Å²) in [4.78, 5) is 4.06. The molecule has 2 rings (SSSR count). The Hall–Kier alpha value is -2.04. The Bertz CT molecular complexity index is 837. The molecule has 0 atom stereocenters. The quantitative estimate of drug-likeness (QED) is 0.584. The van der Waals surface area contributed by atoms with Crippen LogP contribution in [0.5, 0.6) is 0 Å². The summed E-state index contributed by atoms with van der Waals surface area (Å²) >= 11 is 5.67. The average molecular weight is 362 g/mol. The third-order valence-electron chi connectivity index (χ3n) is 2.68. The highest BCUT2D eigenvalue weighted by atomic mass is 35.5. The predicted octanol–water partition coefficient (Wildman–Crippen LogP) is 0.991. The van der Waals surface area contributed by atoms with Crippen LogP contribution in [0.3, 0.4) is 0 Å². The second kappa shape index (κ2) is 7.02. The van der Waals surface area contributed by atoms with Crippen LogP contribution in [0.25, 0.3) is 0 Å². The Labute approximate surface area is 136 Å². The standard InChI is InChI=1S/C12H13ClFN5O3S/c1-23(20,21)16-5-4-10-11(19-22-18-10)12(15)17-7-2-3-9(14)8(13)6-7/h2-3,6,16H,4-5H2,1H3,(H2,15,17). The molecular weight excluding hydrogens is 349 g/mol. The van der Waals surface area contributed by atoms with Gasteiger partial charge in [0.25, 0.3) is 0 Å². The van der Waals surface area contributed by atoms with Crippen molar-refractivity contribution in [3.05, 3.63) is 40.4 Å². The fourth-order valence-electron chi connectivity index (χ4n) is 1.67. The van der Waals surface area contributed by atoms with Gasteiger partial charge in [-0.2, -0.15) is 0 Å². The SMILES string of the molecule is CS(=O)(=O)NCCc1nonc1C(N)=Nc1ccc(F)c(Cl)c1. The van der Waals surface area contributed by atoms with Crippen LogP contribution < -0.4 is 10.5 Å². The van der Waals surface area contributed by atoms with E-state index in [4.69, 9.17) is 17.3 Å². The van der Waals surface area contributed by atoms with Gasteiger partial charge in [-0.15, -0.1) is 0 Å². The first-order chi connectivity index (χ1) is 10.8. The third kappa shape index (κ3) is 4.98. The number of sulfonamides is 1. The molecule has 124 valence electrons. The zero-order chi connectivity index (χ0) is 17.0. The number of halogens is 2. The Kier molecular flexibility index (Phi) is 5.29. The maximum absolute atomic E-state index is 13.1. The lowest BCUT2D eigenvalue weighted by Crippen LogP contribution is -2.25. The summed E-state index contributed by atoms with van der Waals surface area (Å²) in [6.07, 6.45) is 1.26. The second-order valence-corrected chi connectivity index (χ2v) is 6.81. The maximum Gasteiger partial charge on any atom is 0.208 e. The Balaban J connectivity index is 2.16. The summed E-state index contributed by atoms with van der Waals surface area (Å²) in [6, 6.07) is 3.86. The molecule has 0 bridgehead atoms. The van der Waals surface area contributed by atoms with E-state index in [1.54, 1.807) is 0 Å². The molecule has 8 nitrogen and oxygen atoms in total. The smallest absolute Gasteiger partial charge is 0.208 e. The van der Waals surface area contributed by atoms with Crippen LogP contribution in [0, 0.1) is 5.82 Å². The van der Waals surface area contributed by atoms with Gasteiger partial charge in [0.05, 0.1) is 17.0 Å². The summed E-state index contributed by atoms with van der Waals surface area (Å²) in [6.45, 7) is 0.107. The maximum atomic E-state index is 13.1. The Morgan fingerprint density at radius 1 is 1.48 bits per heavy atom. The fraction of sp³-hybridized carbons (Fsp3) is 0.250. The molecule has 1 aromatic heterocycles. The number of rotatable bonds is 6. The molecule has 0 fully saturated rings. The normalized spacial score (nSPS) is 12.6. The zero-order valence-electron chi connectivity index (χ0n) is 12.0. The van der Waals surface area contributed by atoms with Crippen molar-refractivity contribution < 1.29 is 17.4 Å². The lowest BCUT2D eigenvalue weighted by atomic mass is 10.2. The summed E-state index contributed by atoms with van der Waals surface area (Å²) in [5.74, 6) is -0.580. The molecule has 0 saturated heterocycles. The van der Waals surface area contributed by atoms with Gasteiger partial charge in [-0.25, -0.2) is 27.2 Å². The number of nitrogens with zero attached hydrogens (tertiary/aromatic N) is 3. The number of nitrogens with two attached hydrogens (primary N) is 1. The summed E-state index contributed by atoms with van der Waals surface area (Å²) < 4.78 is 42.1. The number of hydrogen-bond donors (Lipinski definition) is 2. The topological polar surface area (TPSA) is 123 Å². The van der Waals surface area contributed by atoms with E-state index in [2.05, 4.69) is 24.7 Å². The summed E-state index contributed by atoms with van der Waals surface area (Å²) in [5, 5.41) is 7.22. The van der Waals surface area contributed by atoms with Gasteiger partial charge in [-0.3, -0.25) is 0 Å². The van der Waals surface area contributed by atoms with Gasteiger partial charge in [0.15, 0.2) is 11.5 Å². The van der Waals surface area contributed by atoms with Crippen LogP contribution >= 0.6 is 11.6 Å².